The Morgan fingerprint density at radius 3 is 2.71 bits per heavy atom. The van der Waals surface area contributed by atoms with Crippen LogP contribution in [0.15, 0.2) is 41.7 Å². The van der Waals surface area contributed by atoms with Crippen molar-refractivity contribution in [3.63, 3.8) is 0 Å². The zero-order chi connectivity index (χ0) is 29.5. The van der Waals surface area contributed by atoms with Crippen molar-refractivity contribution >= 4 is 34.2 Å². The first-order valence-electron chi connectivity index (χ1n) is 13.9. The van der Waals surface area contributed by atoms with Crippen LogP contribution in [-0.2, 0) is 4.79 Å². The number of nitrogens with zero attached hydrogens (tertiary/aromatic N) is 6. The summed E-state index contributed by atoms with van der Waals surface area (Å²) in [7, 11) is 0. The van der Waals surface area contributed by atoms with Gasteiger partial charge >= 0.3 is 5.69 Å². The highest BCUT2D eigenvalue weighted by atomic mass is 35.5. The molecule has 9 nitrogen and oxygen atoms in total. The van der Waals surface area contributed by atoms with Crippen molar-refractivity contribution in [2.24, 2.45) is 0 Å². The largest absolute Gasteiger partial charge is 0.488 e. The number of aromatic nitrogens is 2. The molecule has 4 heterocycles. The van der Waals surface area contributed by atoms with E-state index in [0.717, 1.165) is 38.2 Å². The normalized spacial score (nSPS) is 20.1. The van der Waals surface area contributed by atoms with E-state index >= 15 is 4.39 Å². The van der Waals surface area contributed by atoms with E-state index in [1.807, 2.05) is 4.90 Å². The second-order valence-corrected chi connectivity index (χ2v) is 11.2. The van der Waals surface area contributed by atoms with Crippen LogP contribution in [0, 0.1) is 18.2 Å². The van der Waals surface area contributed by atoms with E-state index in [4.69, 9.17) is 22.9 Å². The Morgan fingerprint density at radius 2 is 2.02 bits per heavy atom. The van der Waals surface area contributed by atoms with E-state index in [9.17, 15) is 14.0 Å². The minimum atomic E-state index is -0.802. The monoisotopic (exact) mass is 594 g/mol. The molecule has 218 valence electrons. The third-order valence-corrected chi connectivity index (χ3v) is 8.65. The van der Waals surface area contributed by atoms with Gasteiger partial charge in [-0.2, -0.15) is 4.98 Å². The van der Waals surface area contributed by atoms with Gasteiger partial charge in [0.1, 0.15) is 30.1 Å². The van der Waals surface area contributed by atoms with Crippen LogP contribution in [-0.4, -0.2) is 83.7 Å². The molecule has 12 heteroatoms. The quantitative estimate of drug-likeness (QED) is 0.302. The molecule has 3 aliphatic rings. The first-order valence-corrected chi connectivity index (χ1v) is 14.3. The molecule has 1 unspecified atom stereocenters. The van der Waals surface area contributed by atoms with Gasteiger partial charge in [0.15, 0.2) is 5.75 Å². The lowest BCUT2D eigenvalue weighted by atomic mass is 9.99. The fraction of sp³-hybridized carbons (Fsp3) is 0.400. The Bertz CT molecular complexity index is 1680. The summed E-state index contributed by atoms with van der Waals surface area (Å²) in [6, 6.07) is 4.15. The Kier molecular flexibility index (Phi) is 7.60. The maximum atomic E-state index is 15.1. The van der Waals surface area contributed by atoms with Crippen molar-refractivity contribution in [1.29, 1.82) is 0 Å². The van der Waals surface area contributed by atoms with Gasteiger partial charge in [0, 0.05) is 48.8 Å². The van der Waals surface area contributed by atoms with E-state index in [1.165, 1.54) is 12.1 Å². The Labute approximate surface area is 246 Å². The van der Waals surface area contributed by atoms with E-state index in [-0.39, 0.29) is 53.5 Å². The number of rotatable bonds is 7. The summed E-state index contributed by atoms with van der Waals surface area (Å²) in [5, 5.41) is 0.702. The number of halogens is 3. The van der Waals surface area contributed by atoms with Gasteiger partial charge in [0.05, 0.1) is 16.6 Å². The molecule has 6 rings (SSSR count). The third-order valence-electron chi connectivity index (χ3n) is 8.35. The molecule has 2 aromatic carbocycles. The molecule has 0 radical (unpaired) electrons. The predicted octanol–water partition coefficient (Wildman–Crippen LogP) is 4.15. The minimum Gasteiger partial charge on any atom is -0.488 e. The molecule has 0 saturated carbocycles. The van der Waals surface area contributed by atoms with Gasteiger partial charge in [-0.05, 0) is 50.2 Å². The number of ether oxygens (including phenoxy) is 1. The predicted molar refractivity (Wildman–Crippen MR) is 156 cm³/mol. The highest BCUT2D eigenvalue weighted by Crippen LogP contribution is 2.47. The van der Waals surface area contributed by atoms with Crippen LogP contribution in [0.4, 0.5) is 14.6 Å². The van der Waals surface area contributed by atoms with Crippen LogP contribution in [0.1, 0.15) is 18.9 Å². The van der Waals surface area contributed by atoms with Crippen molar-refractivity contribution in [2.45, 2.75) is 24.9 Å². The lowest BCUT2D eigenvalue weighted by Crippen LogP contribution is -2.56. The maximum Gasteiger partial charge on any atom is 0.350 e. The Hall–Kier alpha value is -4.01. The third kappa shape index (κ3) is 4.88. The minimum absolute atomic E-state index is 0.0587. The van der Waals surface area contributed by atoms with Crippen molar-refractivity contribution in [2.75, 3.05) is 57.3 Å². The van der Waals surface area contributed by atoms with Crippen LogP contribution >= 0.6 is 11.6 Å². The van der Waals surface area contributed by atoms with Crippen LogP contribution in [0.2, 0.25) is 5.02 Å². The first kappa shape index (κ1) is 28.1. The summed E-state index contributed by atoms with van der Waals surface area (Å²) in [6.07, 6.45) is 3.04. The molecule has 42 heavy (non-hydrogen) atoms. The lowest BCUT2D eigenvalue weighted by molar-refractivity contribution is -0.128. The van der Waals surface area contributed by atoms with Crippen LogP contribution in [0.5, 0.6) is 5.75 Å². The molecule has 1 aromatic heterocycles. The molecule has 2 atom stereocenters. The van der Waals surface area contributed by atoms with E-state index in [0.29, 0.717) is 36.2 Å². The summed E-state index contributed by atoms with van der Waals surface area (Å²) >= 11 is 6.80. The van der Waals surface area contributed by atoms with Crippen molar-refractivity contribution in [1.82, 2.24) is 19.4 Å². The molecular formula is C30H29ClF2N6O3. The first-order chi connectivity index (χ1) is 20.3. The standard InChI is InChI=1S/C30H29ClF2N6O3/c1-3-25(40)38-12-11-37(16-20(38)15-34-2)29-22-14-23(31)26(21-6-5-18(32)13-24(21)33)28-27(22)39(30(41)35-29)19(17-42-28)7-10-36-8-4-9-36/h3,5-6,13-14,19-20H,1,4,7-12,15-17H2/t19?,20-/m0/s1. The molecule has 0 N–H and O–H groups in total. The average molecular weight is 595 g/mol. The number of carbonyl (C=O) groups is 1. The summed E-state index contributed by atoms with van der Waals surface area (Å²) in [4.78, 5) is 40.1. The lowest BCUT2D eigenvalue weighted by Gasteiger charge is -2.40. The number of hydrogen-bond acceptors (Lipinski definition) is 6. The number of benzene rings is 2. The molecule has 3 aromatic rings. The van der Waals surface area contributed by atoms with Crippen molar-refractivity contribution < 1.29 is 18.3 Å². The van der Waals surface area contributed by atoms with Crippen LogP contribution in [0.3, 0.4) is 0 Å². The summed E-state index contributed by atoms with van der Waals surface area (Å²) < 4.78 is 36.8. The molecule has 0 aliphatic carbocycles. The van der Waals surface area contributed by atoms with Crippen molar-refractivity contribution in [3.8, 4) is 16.9 Å². The molecule has 0 bridgehead atoms. The van der Waals surface area contributed by atoms with E-state index < -0.39 is 23.4 Å². The van der Waals surface area contributed by atoms with Gasteiger partial charge in [-0.15, -0.1) is 0 Å². The fourth-order valence-corrected chi connectivity index (χ4v) is 6.41. The SMILES string of the molecule is [C-]#[N+]C[C@H]1CN(c2nc(=O)n3c4c(c(-c5ccc(F)cc5F)c(Cl)cc24)OCC3CCN2CCC2)CCN1C(=O)C=C. The number of hydrogen-bond donors (Lipinski definition) is 0. The number of piperazine rings is 1. The average Bonchev–Trinajstić information content (AvgIpc) is 2.94. The van der Waals surface area contributed by atoms with Gasteiger partial charge in [0.25, 0.3) is 0 Å². The molecule has 2 fully saturated rings. The molecule has 0 spiro atoms. The highest BCUT2D eigenvalue weighted by molar-refractivity contribution is 6.35. The summed E-state index contributed by atoms with van der Waals surface area (Å²) in [5.74, 6) is -1.19. The number of likely N-dealkylation sites (tertiary alicyclic amines) is 1. The zero-order valence-corrected chi connectivity index (χ0v) is 23.6. The Morgan fingerprint density at radius 1 is 1.21 bits per heavy atom. The zero-order valence-electron chi connectivity index (χ0n) is 22.9. The van der Waals surface area contributed by atoms with Gasteiger partial charge in [-0.25, -0.2) is 20.1 Å². The molecular weight excluding hydrogens is 566 g/mol. The number of anilines is 1. The number of amides is 1. The molecule has 2 saturated heterocycles. The van der Waals surface area contributed by atoms with Crippen molar-refractivity contribution in [3.05, 3.63) is 75.5 Å². The summed E-state index contributed by atoms with van der Waals surface area (Å²) in [6.45, 7) is 15.0. The van der Waals surface area contributed by atoms with Crippen LogP contribution in [0.25, 0.3) is 26.9 Å². The molecule has 1 amide bonds. The van der Waals surface area contributed by atoms with E-state index in [1.54, 1.807) is 15.5 Å². The smallest absolute Gasteiger partial charge is 0.350 e. The van der Waals surface area contributed by atoms with Crippen LogP contribution < -0.4 is 15.3 Å². The topological polar surface area (TPSA) is 75.3 Å². The van der Waals surface area contributed by atoms with E-state index in [2.05, 4.69) is 21.3 Å². The summed E-state index contributed by atoms with van der Waals surface area (Å²) in [5.41, 5.74) is 0.262. The number of carbonyl (C=O) groups excluding carboxylic acids is 1. The second kappa shape index (κ2) is 11.3. The molecule has 3 aliphatic heterocycles. The van der Waals surface area contributed by atoms with Gasteiger partial charge in [-0.3, -0.25) is 9.36 Å². The maximum absolute atomic E-state index is 15.1. The van der Waals surface area contributed by atoms with Gasteiger partial charge in [0.2, 0.25) is 12.5 Å². The highest BCUT2D eigenvalue weighted by Gasteiger charge is 2.36. The fourth-order valence-electron chi connectivity index (χ4n) is 6.11. The second-order valence-electron chi connectivity index (χ2n) is 10.8. The Balaban J connectivity index is 1.51. The van der Waals surface area contributed by atoms with Gasteiger partial charge in [-0.1, -0.05) is 18.2 Å². The van der Waals surface area contributed by atoms with Gasteiger partial charge < -0.3 is 24.3 Å².